The van der Waals surface area contributed by atoms with Crippen LogP contribution in [0.3, 0.4) is 0 Å². The van der Waals surface area contributed by atoms with E-state index in [2.05, 4.69) is 4.74 Å². The quantitative estimate of drug-likeness (QED) is 0.489. The summed E-state index contributed by atoms with van der Waals surface area (Å²) < 4.78 is 4.56. The zero-order valence-electron chi connectivity index (χ0n) is 3.77. The molecule has 0 aliphatic carbocycles. The molecule has 0 atom stereocenters. The summed E-state index contributed by atoms with van der Waals surface area (Å²) in [7, 11) is 1.58. The summed E-state index contributed by atoms with van der Waals surface area (Å²) in [6.07, 6.45) is 0.497. The van der Waals surface area contributed by atoms with Crippen molar-refractivity contribution in [1.82, 2.24) is 0 Å². The first-order valence-electron chi connectivity index (χ1n) is 1.77. The summed E-state index contributed by atoms with van der Waals surface area (Å²) in [6, 6.07) is 1.94. The van der Waals surface area contributed by atoms with Gasteiger partial charge in [0.15, 0.2) is 0 Å². The lowest BCUT2D eigenvalue weighted by atomic mass is 10.5. The van der Waals surface area contributed by atoms with Crippen LogP contribution in [-0.4, -0.2) is 13.7 Å². The van der Waals surface area contributed by atoms with E-state index in [1.807, 2.05) is 6.07 Å². The van der Waals surface area contributed by atoms with E-state index < -0.39 is 0 Å². The molecule has 2 nitrogen and oxygen atoms in total. The Hall–Kier alpha value is -0.550. The van der Waals surface area contributed by atoms with Gasteiger partial charge in [-0.05, 0) is 0 Å². The van der Waals surface area contributed by atoms with Crippen molar-refractivity contribution < 1.29 is 4.74 Å². The molecule has 0 fully saturated rings. The molecule has 42 valence electrons. The van der Waals surface area contributed by atoms with Gasteiger partial charge in [0.2, 0.25) is 0 Å². The Balaban J connectivity index is 0. The van der Waals surface area contributed by atoms with Gasteiger partial charge in [0.1, 0.15) is 0 Å². The fourth-order valence-electron chi connectivity index (χ4n) is 0.148. The van der Waals surface area contributed by atoms with Crippen molar-refractivity contribution in [3.63, 3.8) is 0 Å². The van der Waals surface area contributed by atoms with E-state index in [9.17, 15) is 0 Å². The SMILES string of the molecule is C.COCCC#N. The predicted molar refractivity (Wildman–Crippen MR) is 28.8 cm³/mol. The van der Waals surface area contributed by atoms with Crippen molar-refractivity contribution in [2.45, 2.75) is 13.8 Å². The third-order valence-corrected chi connectivity index (χ3v) is 0.418. The van der Waals surface area contributed by atoms with Crippen LogP contribution in [0, 0.1) is 11.3 Å². The molecule has 0 unspecified atom stereocenters. The number of hydrogen-bond donors (Lipinski definition) is 0. The van der Waals surface area contributed by atoms with Gasteiger partial charge in [-0.3, -0.25) is 0 Å². The minimum atomic E-state index is 0. The lowest BCUT2D eigenvalue weighted by Crippen LogP contribution is -1.82. The van der Waals surface area contributed by atoms with E-state index in [0.29, 0.717) is 13.0 Å². The Morgan fingerprint density at radius 3 is 2.43 bits per heavy atom. The molecule has 0 aliphatic rings. The Kier molecular flexibility index (Phi) is 12.5. The molecule has 2 heteroatoms. The van der Waals surface area contributed by atoms with Crippen LogP contribution in [0.15, 0.2) is 0 Å². The number of ether oxygens (including phenoxy) is 1. The molecular formula is C5H11NO. The van der Waals surface area contributed by atoms with Crippen LogP contribution in [0.2, 0.25) is 0 Å². The highest BCUT2D eigenvalue weighted by molar-refractivity contribution is 4.66. The fraction of sp³-hybridized carbons (Fsp3) is 0.800. The molecule has 0 N–H and O–H groups in total. The van der Waals surface area contributed by atoms with E-state index in [0.717, 1.165) is 0 Å². The minimum Gasteiger partial charge on any atom is -0.384 e. The molecule has 0 radical (unpaired) electrons. The molecule has 0 aromatic heterocycles. The summed E-state index contributed by atoms with van der Waals surface area (Å²) >= 11 is 0. The number of nitriles is 1. The predicted octanol–water partition coefficient (Wildman–Crippen LogP) is 1.18. The van der Waals surface area contributed by atoms with Crippen molar-refractivity contribution in [2.75, 3.05) is 13.7 Å². The third-order valence-electron chi connectivity index (χ3n) is 0.418. The van der Waals surface area contributed by atoms with Crippen LogP contribution in [-0.2, 0) is 4.74 Å². The number of hydrogen-bond acceptors (Lipinski definition) is 2. The standard InChI is InChI=1S/C4H7NO.CH4/c1-6-4-2-3-5;/h2,4H2,1H3;1H4. The second-order valence-corrected chi connectivity index (χ2v) is 0.901. The van der Waals surface area contributed by atoms with E-state index in [-0.39, 0.29) is 7.43 Å². The molecule has 0 heterocycles. The third kappa shape index (κ3) is 10.8. The molecule has 0 rings (SSSR count). The van der Waals surface area contributed by atoms with Gasteiger partial charge in [0, 0.05) is 7.11 Å². The zero-order valence-corrected chi connectivity index (χ0v) is 3.77. The lowest BCUT2D eigenvalue weighted by Gasteiger charge is -1.82. The Bertz CT molecular complexity index is 55.6. The molecule has 0 aromatic carbocycles. The van der Waals surface area contributed by atoms with Crippen LogP contribution < -0.4 is 0 Å². The maximum Gasteiger partial charge on any atom is 0.0645 e. The number of rotatable bonds is 2. The maximum atomic E-state index is 7.87. The molecular weight excluding hydrogens is 90.1 g/mol. The van der Waals surface area contributed by atoms with Crippen molar-refractivity contribution in [3.8, 4) is 6.07 Å². The monoisotopic (exact) mass is 101 g/mol. The van der Waals surface area contributed by atoms with Gasteiger partial charge >= 0.3 is 0 Å². The molecule has 0 aromatic rings. The fourth-order valence-corrected chi connectivity index (χ4v) is 0.148. The topological polar surface area (TPSA) is 33.0 Å². The van der Waals surface area contributed by atoms with Crippen LogP contribution >= 0.6 is 0 Å². The van der Waals surface area contributed by atoms with Gasteiger partial charge in [0.25, 0.3) is 0 Å². The second-order valence-electron chi connectivity index (χ2n) is 0.901. The first kappa shape index (κ1) is 9.67. The minimum absolute atomic E-state index is 0. The molecule has 0 bridgehead atoms. The first-order valence-corrected chi connectivity index (χ1v) is 1.77. The average Bonchev–Trinajstić information content (AvgIpc) is 1.61. The van der Waals surface area contributed by atoms with Crippen molar-refractivity contribution in [1.29, 1.82) is 5.26 Å². The highest BCUT2D eigenvalue weighted by Crippen LogP contribution is 1.71. The van der Waals surface area contributed by atoms with Gasteiger partial charge < -0.3 is 4.74 Å². The van der Waals surface area contributed by atoms with Crippen molar-refractivity contribution in [2.24, 2.45) is 0 Å². The van der Waals surface area contributed by atoms with E-state index >= 15 is 0 Å². The van der Waals surface area contributed by atoms with Gasteiger partial charge in [-0.2, -0.15) is 5.26 Å². The van der Waals surface area contributed by atoms with E-state index in [4.69, 9.17) is 5.26 Å². The highest BCUT2D eigenvalue weighted by Gasteiger charge is 1.73. The van der Waals surface area contributed by atoms with Crippen LogP contribution in [0.5, 0.6) is 0 Å². The summed E-state index contributed by atoms with van der Waals surface area (Å²) in [4.78, 5) is 0. The Morgan fingerprint density at radius 1 is 1.71 bits per heavy atom. The second kappa shape index (κ2) is 9.07. The maximum absolute atomic E-state index is 7.87. The first-order chi connectivity index (χ1) is 2.91. The highest BCUT2D eigenvalue weighted by atomic mass is 16.5. The normalized spacial score (nSPS) is 6.29. The van der Waals surface area contributed by atoms with Crippen molar-refractivity contribution >= 4 is 0 Å². The van der Waals surface area contributed by atoms with Crippen LogP contribution in [0.1, 0.15) is 13.8 Å². The van der Waals surface area contributed by atoms with E-state index in [1.54, 1.807) is 7.11 Å². The summed E-state index contributed by atoms with van der Waals surface area (Å²) in [5, 5.41) is 7.87. The van der Waals surface area contributed by atoms with Crippen LogP contribution in [0.4, 0.5) is 0 Å². The molecule has 7 heavy (non-hydrogen) atoms. The van der Waals surface area contributed by atoms with Gasteiger partial charge in [-0.1, -0.05) is 7.43 Å². The molecule has 0 amide bonds. The summed E-state index contributed by atoms with van der Waals surface area (Å²) in [6.45, 7) is 0.552. The Labute approximate surface area is 44.7 Å². The van der Waals surface area contributed by atoms with Crippen molar-refractivity contribution in [3.05, 3.63) is 0 Å². The zero-order chi connectivity index (χ0) is 4.83. The molecule has 0 spiro atoms. The molecule has 0 saturated carbocycles. The summed E-state index contributed by atoms with van der Waals surface area (Å²) in [5.41, 5.74) is 0. The summed E-state index contributed by atoms with van der Waals surface area (Å²) in [5.74, 6) is 0. The average molecular weight is 101 g/mol. The van der Waals surface area contributed by atoms with Crippen LogP contribution in [0.25, 0.3) is 0 Å². The number of methoxy groups -OCH3 is 1. The largest absolute Gasteiger partial charge is 0.384 e. The van der Waals surface area contributed by atoms with E-state index in [1.165, 1.54) is 0 Å². The smallest absolute Gasteiger partial charge is 0.0645 e. The number of nitrogens with zero attached hydrogens (tertiary/aromatic N) is 1. The van der Waals surface area contributed by atoms with Gasteiger partial charge in [-0.25, -0.2) is 0 Å². The molecule has 0 aliphatic heterocycles. The molecule has 0 saturated heterocycles. The lowest BCUT2D eigenvalue weighted by molar-refractivity contribution is 0.205. The van der Waals surface area contributed by atoms with Gasteiger partial charge in [0.05, 0.1) is 19.1 Å². The van der Waals surface area contributed by atoms with Gasteiger partial charge in [-0.15, -0.1) is 0 Å². The Morgan fingerprint density at radius 2 is 2.29 bits per heavy atom.